The van der Waals surface area contributed by atoms with Crippen molar-refractivity contribution >= 4 is 11.2 Å². The van der Waals surface area contributed by atoms with E-state index in [-0.39, 0.29) is 0 Å². The summed E-state index contributed by atoms with van der Waals surface area (Å²) in [7, 11) is 0. The summed E-state index contributed by atoms with van der Waals surface area (Å²) in [6, 6.07) is 9.82. The van der Waals surface area contributed by atoms with Crippen LogP contribution in [0.1, 0.15) is 5.69 Å². The maximum atomic E-state index is 4.53. The van der Waals surface area contributed by atoms with Crippen molar-refractivity contribution in [3.8, 4) is 11.4 Å². The molecule has 0 aliphatic rings. The zero-order valence-electron chi connectivity index (χ0n) is 9.67. The van der Waals surface area contributed by atoms with E-state index in [9.17, 15) is 0 Å². The lowest BCUT2D eigenvalue weighted by molar-refractivity contribution is 0.953. The number of nitrogens with zero attached hydrogens (tertiary/aromatic N) is 4. The molecule has 3 aromatic rings. The molecule has 3 rings (SSSR count). The van der Waals surface area contributed by atoms with Crippen molar-refractivity contribution in [3.63, 3.8) is 0 Å². The van der Waals surface area contributed by atoms with E-state index in [0.29, 0.717) is 23.4 Å². The minimum Gasteiger partial charge on any atom is -0.230 e. The predicted molar refractivity (Wildman–Crippen MR) is 68.8 cm³/mol. The molecule has 2 heterocycles. The number of nitrogens with one attached hydrogen (secondary N) is 1. The third-order valence-corrected chi connectivity index (χ3v) is 2.63. The molecule has 18 heavy (non-hydrogen) atoms. The summed E-state index contributed by atoms with van der Waals surface area (Å²) in [6.07, 6.45) is 2.44. The van der Waals surface area contributed by atoms with Crippen molar-refractivity contribution in [2.45, 2.75) is 6.42 Å². The Kier molecular flexibility index (Phi) is 2.57. The number of hydrogen-bond donors (Lipinski definition) is 1. The first-order chi connectivity index (χ1) is 8.88. The summed E-state index contributed by atoms with van der Waals surface area (Å²) in [6.45, 7) is 3.73. The van der Waals surface area contributed by atoms with Crippen LogP contribution in [0.2, 0.25) is 0 Å². The molecule has 0 aliphatic heterocycles. The number of hydrogen-bond acceptors (Lipinski definition) is 4. The molecule has 0 spiro atoms. The molecule has 2 aromatic heterocycles. The number of H-pyrrole nitrogens is 1. The van der Waals surface area contributed by atoms with E-state index in [1.165, 1.54) is 0 Å². The molecule has 0 saturated carbocycles. The molecular weight excluding hydrogens is 226 g/mol. The van der Waals surface area contributed by atoms with Crippen LogP contribution < -0.4 is 0 Å². The molecule has 1 N–H and O–H groups in total. The Morgan fingerprint density at radius 2 is 1.94 bits per heavy atom. The molecular formula is C13H11N5. The minimum atomic E-state index is 0.584. The topological polar surface area (TPSA) is 67.3 Å². The average molecular weight is 237 g/mol. The highest BCUT2D eigenvalue weighted by Gasteiger charge is 2.11. The normalized spacial score (nSPS) is 10.7. The number of benzene rings is 1. The van der Waals surface area contributed by atoms with Gasteiger partial charge in [-0.2, -0.15) is 10.3 Å². The number of fused-ring (bicyclic) bond motifs is 1. The number of allylic oxidation sites excluding steroid dienone is 1. The lowest BCUT2D eigenvalue weighted by atomic mass is 10.2. The van der Waals surface area contributed by atoms with Gasteiger partial charge in [0.2, 0.25) is 5.65 Å². The van der Waals surface area contributed by atoms with Crippen LogP contribution in [0.5, 0.6) is 0 Å². The standard InChI is InChI=1S/C13H11N5/c1-2-6-10-11-13(17-18-16-11)15-12(14-10)9-7-4-3-5-8-9/h2-5,7-8H,1,6H2,(H,14,15,16,17,18). The lowest BCUT2D eigenvalue weighted by Gasteiger charge is -2.02. The van der Waals surface area contributed by atoms with Crippen LogP contribution >= 0.6 is 0 Å². The van der Waals surface area contributed by atoms with Crippen molar-refractivity contribution in [1.29, 1.82) is 0 Å². The predicted octanol–water partition coefficient (Wildman–Crippen LogP) is 2.14. The van der Waals surface area contributed by atoms with Gasteiger partial charge in [-0.15, -0.1) is 11.7 Å². The van der Waals surface area contributed by atoms with Crippen LogP contribution in [-0.2, 0) is 6.42 Å². The van der Waals surface area contributed by atoms with Gasteiger partial charge in [0.1, 0.15) is 0 Å². The Hall–Kier alpha value is -2.56. The van der Waals surface area contributed by atoms with Gasteiger partial charge in [-0.05, 0) is 0 Å². The van der Waals surface area contributed by atoms with Crippen LogP contribution in [-0.4, -0.2) is 25.4 Å². The van der Waals surface area contributed by atoms with Gasteiger partial charge in [-0.3, -0.25) is 0 Å². The van der Waals surface area contributed by atoms with Gasteiger partial charge in [0.15, 0.2) is 11.3 Å². The molecule has 5 nitrogen and oxygen atoms in total. The van der Waals surface area contributed by atoms with Crippen LogP contribution in [0, 0.1) is 0 Å². The molecule has 0 saturated heterocycles. The van der Waals surface area contributed by atoms with Gasteiger partial charge in [0.05, 0.1) is 5.69 Å². The van der Waals surface area contributed by atoms with E-state index >= 15 is 0 Å². The summed E-state index contributed by atoms with van der Waals surface area (Å²) in [5.74, 6) is 0.661. The Bertz CT molecular complexity index is 687. The molecule has 0 unspecified atom stereocenters. The SMILES string of the molecule is C=CCc1nc(-c2ccccc2)nc2n[nH]nc12. The highest BCUT2D eigenvalue weighted by atomic mass is 15.3. The molecule has 5 heteroatoms. The number of rotatable bonds is 3. The van der Waals surface area contributed by atoms with Gasteiger partial charge in [-0.25, -0.2) is 9.97 Å². The first kappa shape index (κ1) is 10.6. The molecule has 1 aromatic carbocycles. The van der Waals surface area contributed by atoms with Gasteiger partial charge >= 0.3 is 0 Å². The van der Waals surface area contributed by atoms with Crippen LogP contribution in [0.4, 0.5) is 0 Å². The van der Waals surface area contributed by atoms with E-state index in [2.05, 4.69) is 32.0 Å². The molecule has 0 fully saturated rings. The summed E-state index contributed by atoms with van der Waals surface area (Å²) < 4.78 is 0. The maximum Gasteiger partial charge on any atom is 0.205 e. The fraction of sp³-hybridized carbons (Fsp3) is 0.0769. The largest absolute Gasteiger partial charge is 0.230 e. The van der Waals surface area contributed by atoms with Crippen molar-refractivity contribution in [2.24, 2.45) is 0 Å². The average Bonchev–Trinajstić information content (AvgIpc) is 2.88. The van der Waals surface area contributed by atoms with Crippen LogP contribution in [0.3, 0.4) is 0 Å². The second kappa shape index (κ2) is 4.37. The van der Waals surface area contributed by atoms with Gasteiger partial charge < -0.3 is 0 Å². The first-order valence-corrected chi connectivity index (χ1v) is 5.62. The van der Waals surface area contributed by atoms with Gasteiger partial charge in [0, 0.05) is 12.0 Å². The molecule has 0 radical (unpaired) electrons. The second-order valence-corrected chi connectivity index (χ2v) is 3.85. The van der Waals surface area contributed by atoms with Crippen molar-refractivity contribution < 1.29 is 0 Å². The lowest BCUT2D eigenvalue weighted by Crippen LogP contribution is -1.97. The quantitative estimate of drug-likeness (QED) is 0.709. The Morgan fingerprint density at radius 1 is 1.11 bits per heavy atom. The third kappa shape index (κ3) is 1.75. The van der Waals surface area contributed by atoms with E-state index in [1.54, 1.807) is 6.08 Å². The molecule has 0 amide bonds. The van der Waals surface area contributed by atoms with E-state index in [1.807, 2.05) is 30.3 Å². The van der Waals surface area contributed by atoms with E-state index < -0.39 is 0 Å². The van der Waals surface area contributed by atoms with Crippen molar-refractivity contribution in [3.05, 3.63) is 48.7 Å². The van der Waals surface area contributed by atoms with Crippen molar-refractivity contribution in [1.82, 2.24) is 25.4 Å². The van der Waals surface area contributed by atoms with Crippen LogP contribution in [0.15, 0.2) is 43.0 Å². The monoisotopic (exact) mass is 237 g/mol. The Labute approximate surface area is 104 Å². The Balaban J connectivity index is 2.21. The maximum absolute atomic E-state index is 4.53. The first-order valence-electron chi connectivity index (χ1n) is 5.62. The fourth-order valence-corrected chi connectivity index (χ4v) is 1.80. The zero-order chi connectivity index (χ0) is 12.4. The summed E-state index contributed by atoms with van der Waals surface area (Å²) >= 11 is 0. The molecule has 0 aliphatic carbocycles. The highest BCUT2D eigenvalue weighted by Crippen LogP contribution is 2.19. The summed E-state index contributed by atoms with van der Waals surface area (Å²) in [4.78, 5) is 8.93. The zero-order valence-corrected chi connectivity index (χ0v) is 9.67. The van der Waals surface area contributed by atoms with Crippen molar-refractivity contribution in [2.75, 3.05) is 0 Å². The van der Waals surface area contributed by atoms with Gasteiger partial charge in [0.25, 0.3) is 0 Å². The molecule has 0 bridgehead atoms. The van der Waals surface area contributed by atoms with Crippen LogP contribution in [0.25, 0.3) is 22.6 Å². The smallest absolute Gasteiger partial charge is 0.205 e. The highest BCUT2D eigenvalue weighted by molar-refractivity contribution is 5.74. The fourth-order valence-electron chi connectivity index (χ4n) is 1.80. The van der Waals surface area contributed by atoms with Gasteiger partial charge in [-0.1, -0.05) is 36.4 Å². The van der Waals surface area contributed by atoms with E-state index in [4.69, 9.17) is 0 Å². The molecule has 0 atom stereocenters. The second-order valence-electron chi connectivity index (χ2n) is 3.85. The molecule has 88 valence electrons. The number of aromatic amines is 1. The minimum absolute atomic E-state index is 0.584. The number of aromatic nitrogens is 5. The third-order valence-electron chi connectivity index (χ3n) is 2.63. The Morgan fingerprint density at radius 3 is 2.72 bits per heavy atom. The van der Waals surface area contributed by atoms with E-state index in [0.717, 1.165) is 11.3 Å². The summed E-state index contributed by atoms with van der Waals surface area (Å²) in [5, 5.41) is 10.7. The summed E-state index contributed by atoms with van der Waals surface area (Å²) in [5.41, 5.74) is 3.09.